The number of rotatable bonds is 6. The van der Waals surface area contributed by atoms with Crippen LogP contribution < -0.4 is 10.2 Å². The molecular formula is C19H21N5O2. The van der Waals surface area contributed by atoms with Gasteiger partial charge in [-0.25, -0.2) is 10.1 Å². The van der Waals surface area contributed by atoms with Gasteiger partial charge in [0.25, 0.3) is 5.91 Å². The smallest absolute Gasteiger partial charge is 0.277 e. The number of hydrogen-bond donors (Lipinski definition) is 1. The molecule has 0 fully saturated rings. The third-order valence-corrected chi connectivity index (χ3v) is 4.08. The third-order valence-electron chi connectivity index (χ3n) is 4.08. The first-order chi connectivity index (χ1) is 12.5. The Morgan fingerprint density at radius 2 is 2.00 bits per heavy atom. The van der Waals surface area contributed by atoms with Crippen LogP contribution in [0.2, 0.25) is 0 Å². The molecule has 1 amide bonds. The molecule has 7 nitrogen and oxygen atoms in total. The molecule has 1 N–H and O–H groups in total. The van der Waals surface area contributed by atoms with Crippen molar-refractivity contribution in [2.75, 3.05) is 6.61 Å². The van der Waals surface area contributed by atoms with Crippen molar-refractivity contribution in [3.05, 3.63) is 53.6 Å². The molecule has 0 spiro atoms. The van der Waals surface area contributed by atoms with E-state index in [0.717, 1.165) is 22.2 Å². The molecule has 0 unspecified atom stereocenters. The van der Waals surface area contributed by atoms with Crippen LogP contribution in [0, 0.1) is 13.8 Å². The van der Waals surface area contributed by atoms with Gasteiger partial charge in [-0.05, 0) is 50.1 Å². The summed E-state index contributed by atoms with van der Waals surface area (Å²) in [5.41, 5.74) is 7.11. The first-order valence-corrected chi connectivity index (χ1v) is 8.34. The highest BCUT2D eigenvalue weighted by Gasteiger charge is 2.07. The highest BCUT2D eigenvalue weighted by molar-refractivity contribution is 5.86. The number of aryl methyl sites for hydroxylation is 1. The van der Waals surface area contributed by atoms with E-state index >= 15 is 0 Å². The minimum Gasteiger partial charge on any atom is -0.483 e. The lowest BCUT2D eigenvalue weighted by molar-refractivity contribution is -0.123. The van der Waals surface area contributed by atoms with E-state index < -0.39 is 0 Å². The molecule has 0 aliphatic rings. The molecule has 26 heavy (non-hydrogen) atoms. The average molecular weight is 351 g/mol. The van der Waals surface area contributed by atoms with Crippen molar-refractivity contribution in [3.63, 3.8) is 0 Å². The number of ether oxygens (including phenoxy) is 1. The molecule has 0 saturated carbocycles. The zero-order chi connectivity index (χ0) is 18.5. The van der Waals surface area contributed by atoms with Crippen molar-refractivity contribution in [1.82, 2.24) is 20.4 Å². The number of fused-ring (bicyclic) bond motifs is 1. The van der Waals surface area contributed by atoms with Gasteiger partial charge >= 0.3 is 0 Å². The summed E-state index contributed by atoms with van der Waals surface area (Å²) in [6.07, 6.45) is 0. The first kappa shape index (κ1) is 17.6. The van der Waals surface area contributed by atoms with Crippen LogP contribution in [0.25, 0.3) is 11.0 Å². The van der Waals surface area contributed by atoms with Crippen LogP contribution in [-0.4, -0.2) is 33.2 Å². The Balaban J connectivity index is 1.55. The molecule has 3 rings (SSSR count). The second kappa shape index (κ2) is 7.77. The molecule has 0 saturated heterocycles. The van der Waals surface area contributed by atoms with Crippen LogP contribution in [0.15, 0.2) is 47.6 Å². The van der Waals surface area contributed by atoms with E-state index in [-0.39, 0.29) is 12.5 Å². The Hall–Kier alpha value is -3.22. The standard InChI is InChI=1S/C19H21N5O2/c1-13-7-6-10-18(15(13)3)26-12-19(25)22-20-14(2)11-24-17-9-5-4-8-16(17)21-23-24/h4-10H,11-12H2,1-3H3,(H,22,25). The number of nitrogens with one attached hydrogen (secondary N) is 1. The van der Waals surface area contributed by atoms with Crippen molar-refractivity contribution in [1.29, 1.82) is 0 Å². The fourth-order valence-corrected chi connectivity index (χ4v) is 2.50. The first-order valence-electron chi connectivity index (χ1n) is 8.34. The summed E-state index contributed by atoms with van der Waals surface area (Å²) in [4.78, 5) is 12.0. The minimum absolute atomic E-state index is 0.0900. The lowest BCUT2D eigenvalue weighted by atomic mass is 10.1. The normalized spacial score (nSPS) is 11.6. The van der Waals surface area contributed by atoms with E-state index in [1.165, 1.54) is 0 Å². The van der Waals surface area contributed by atoms with Crippen molar-refractivity contribution in [2.24, 2.45) is 5.10 Å². The average Bonchev–Trinajstić information content (AvgIpc) is 3.04. The lowest BCUT2D eigenvalue weighted by Gasteiger charge is -2.10. The van der Waals surface area contributed by atoms with Gasteiger partial charge in [0.2, 0.25) is 0 Å². The molecule has 2 aromatic carbocycles. The fraction of sp³-hybridized carbons (Fsp3) is 0.263. The second-order valence-corrected chi connectivity index (χ2v) is 6.10. The molecular weight excluding hydrogens is 330 g/mol. The van der Waals surface area contributed by atoms with Gasteiger partial charge in [-0.2, -0.15) is 5.10 Å². The molecule has 1 aromatic heterocycles. The number of benzene rings is 2. The van der Waals surface area contributed by atoms with E-state index in [2.05, 4.69) is 20.8 Å². The predicted octanol–water partition coefficient (Wildman–Crippen LogP) is 2.62. The van der Waals surface area contributed by atoms with Crippen LogP contribution in [-0.2, 0) is 11.3 Å². The van der Waals surface area contributed by atoms with Gasteiger partial charge < -0.3 is 4.74 Å². The summed E-state index contributed by atoms with van der Waals surface area (Å²) in [6.45, 7) is 6.14. The number of amides is 1. The summed E-state index contributed by atoms with van der Waals surface area (Å²) in [5, 5.41) is 12.3. The Labute approximate surface area is 151 Å². The number of hydrogen-bond acceptors (Lipinski definition) is 5. The largest absolute Gasteiger partial charge is 0.483 e. The molecule has 0 aliphatic carbocycles. The van der Waals surface area contributed by atoms with Crippen molar-refractivity contribution in [3.8, 4) is 5.75 Å². The van der Waals surface area contributed by atoms with Gasteiger partial charge in [0.05, 0.1) is 17.8 Å². The van der Waals surface area contributed by atoms with Crippen molar-refractivity contribution < 1.29 is 9.53 Å². The Morgan fingerprint density at radius 3 is 2.85 bits per heavy atom. The maximum absolute atomic E-state index is 12.0. The summed E-state index contributed by atoms with van der Waals surface area (Å²) >= 11 is 0. The topological polar surface area (TPSA) is 81.4 Å². The molecule has 0 bridgehead atoms. The quantitative estimate of drug-likeness (QED) is 0.547. The van der Waals surface area contributed by atoms with Crippen molar-refractivity contribution in [2.45, 2.75) is 27.3 Å². The summed E-state index contributed by atoms with van der Waals surface area (Å²) in [6, 6.07) is 13.4. The molecule has 3 aromatic rings. The monoisotopic (exact) mass is 351 g/mol. The molecule has 1 heterocycles. The Kier molecular flexibility index (Phi) is 5.26. The molecule has 7 heteroatoms. The number of hydrazone groups is 1. The van der Waals surface area contributed by atoms with Gasteiger partial charge in [0.1, 0.15) is 11.3 Å². The third kappa shape index (κ3) is 4.05. The van der Waals surface area contributed by atoms with Gasteiger partial charge in [-0.3, -0.25) is 4.79 Å². The zero-order valence-corrected chi connectivity index (χ0v) is 15.1. The summed E-state index contributed by atoms with van der Waals surface area (Å²) < 4.78 is 7.31. The number of para-hydroxylation sites is 1. The van der Waals surface area contributed by atoms with Gasteiger partial charge in [-0.15, -0.1) is 5.10 Å². The van der Waals surface area contributed by atoms with Gasteiger partial charge in [-0.1, -0.05) is 29.5 Å². The summed E-state index contributed by atoms with van der Waals surface area (Å²) in [7, 11) is 0. The minimum atomic E-state index is -0.311. The van der Waals surface area contributed by atoms with E-state index in [1.54, 1.807) is 4.68 Å². The van der Waals surface area contributed by atoms with Crippen LogP contribution >= 0.6 is 0 Å². The van der Waals surface area contributed by atoms with Crippen LogP contribution in [0.1, 0.15) is 18.1 Å². The second-order valence-electron chi connectivity index (χ2n) is 6.10. The van der Waals surface area contributed by atoms with E-state index in [4.69, 9.17) is 4.74 Å². The Bertz CT molecular complexity index is 961. The SMILES string of the molecule is CC(Cn1nnc2ccccc21)=NNC(=O)COc1cccc(C)c1C. The maximum atomic E-state index is 12.0. The Morgan fingerprint density at radius 1 is 1.19 bits per heavy atom. The lowest BCUT2D eigenvalue weighted by Crippen LogP contribution is -2.26. The predicted molar refractivity (Wildman–Crippen MR) is 100 cm³/mol. The van der Waals surface area contributed by atoms with Gasteiger partial charge in [0, 0.05) is 0 Å². The van der Waals surface area contributed by atoms with E-state index in [0.29, 0.717) is 18.0 Å². The number of nitrogens with zero attached hydrogens (tertiary/aromatic N) is 4. The maximum Gasteiger partial charge on any atom is 0.277 e. The highest BCUT2D eigenvalue weighted by Crippen LogP contribution is 2.20. The molecule has 0 atom stereocenters. The molecule has 134 valence electrons. The fourth-order valence-electron chi connectivity index (χ4n) is 2.50. The zero-order valence-electron chi connectivity index (χ0n) is 15.1. The number of aromatic nitrogens is 3. The van der Waals surface area contributed by atoms with Crippen molar-refractivity contribution >= 4 is 22.7 Å². The molecule has 0 aliphatic heterocycles. The van der Waals surface area contributed by atoms with Crippen LogP contribution in [0.3, 0.4) is 0 Å². The number of carbonyl (C=O) groups excluding carboxylic acids is 1. The summed E-state index contributed by atoms with van der Waals surface area (Å²) in [5.74, 6) is 0.392. The highest BCUT2D eigenvalue weighted by atomic mass is 16.5. The van der Waals surface area contributed by atoms with E-state index in [1.807, 2.05) is 63.2 Å². The van der Waals surface area contributed by atoms with E-state index in [9.17, 15) is 4.79 Å². The van der Waals surface area contributed by atoms with Crippen LogP contribution in [0.4, 0.5) is 0 Å². The molecule has 0 radical (unpaired) electrons. The number of carbonyl (C=O) groups is 1. The van der Waals surface area contributed by atoms with Gasteiger partial charge in [0.15, 0.2) is 6.61 Å². The van der Waals surface area contributed by atoms with Crippen LogP contribution in [0.5, 0.6) is 5.75 Å².